The van der Waals surface area contributed by atoms with Gasteiger partial charge in [-0.3, -0.25) is 9.69 Å². The van der Waals surface area contributed by atoms with Crippen molar-refractivity contribution in [2.75, 3.05) is 27.3 Å². The summed E-state index contributed by atoms with van der Waals surface area (Å²) in [6, 6.07) is 0.166. The van der Waals surface area contributed by atoms with Crippen LogP contribution in [0, 0.1) is 0 Å². The number of rotatable bonds is 7. The highest BCUT2D eigenvalue weighted by Crippen LogP contribution is 2.18. The summed E-state index contributed by atoms with van der Waals surface area (Å²) in [4.78, 5) is 13.5. The van der Waals surface area contributed by atoms with Gasteiger partial charge < -0.3 is 15.2 Å². The quantitative estimate of drug-likeness (QED) is 0.624. The molecule has 1 saturated carbocycles. The predicted octanol–water partition coefficient (Wildman–Crippen LogP) is -0.407. The maximum atomic E-state index is 11.7. The Hall–Kier alpha value is -0.650. The van der Waals surface area contributed by atoms with Crippen LogP contribution >= 0.6 is 0 Å². The SMILES string of the molecule is COCC(O)CN(C)C(C)C(=O)NC1CC1. The lowest BCUT2D eigenvalue weighted by molar-refractivity contribution is -0.126. The van der Waals surface area contributed by atoms with Crippen LogP contribution < -0.4 is 5.32 Å². The first-order chi connectivity index (χ1) is 7.54. The van der Waals surface area contributed by atoms with E-state index in [4.69, 9.17) is 4.74 Å². The van der Waals surface area contributed by atoms with Crippen molar-refractivity contribution in [1.29, 1.82) is 0 Å². The van der Waals surface area contributed by atoms with Crippen LogP contribution in [-0.2, 0) is 9.53 Å². The average Bonchev–Trinajstić information content (AvgIpc) is 3.00. The van der Waals surface area contributed by atoms with E-state index in [0.29, 0.717) is 19.2 Å². The zero-order valence-corrected chi connectivity index (χ0v) is 10.3. The Morgan fingerprint density at radius 1 is 1.62 bits per heavy atom. The molecule has 0 aromatic carbocycles. The standard InChI is InChI=1S/C11H22N2O3/c1-8(11(15)12-9-4-5-9)13(2)6-10(14)7-16-3/h8-10,14H,4-7H2,1-3H3,(H,12,15). The van der Waals surface area contributed by atoms with Gasteiger partial charge in [-0.1, -0.05) is 0 Å². The number of aliphatic hydroxyl groups is 1. The molecular weight excluding hydrogens is 208 g/mol. The molecule has 5 heteroatoms. The third kappa shape index (κ3) is 4.47. The van der Waals surface area contributed by atoms with E-state index in [1.807, 2.05) is 18.9 Å². The summed E-state index contributed by atoms with van der Waals surface area (Å²) in [5.74, 6) is 0.0367. The molecule has 0 bridgehead atoms. The molecule has 0 radical (unpaired) electrons. The minimum absolute atomic E-state index is 0.0367. The summed E-state index contributed by atoms with van der Waals surface area (Å²) in [6.07, 6.45) is 1.63. The summed E-state index contributed by atoms with van der Waals surface area (Å²) >= 11 is 0. The van der Waals surface area contributed by atoms with Crippen LogP contribution in [0.4, 0.5) is 0 Å². The molecule has 0 spiro atoms. The maximum Gasteiger partial charge on any atom is 0.237 e. The molecule has 5 nitrogen and oxygen atoms in total. The van der Waals surface area contributed by atoms with Crippen LogP contribution in [0.15, 0.2) is 0 Å². The fourth-order valence-electron chi connectivity index (χ4n) is 1.49. The number of hydrogen-bond acceptors (Lipinski definition) is 4. The fourth-order valence-corrected chi connectivity index (χ4v) is 1.49. The van der Waals surface area contributed by atoms with E-state index in [1.54, 1.807) is 7.11 Å². The Morgan fingerprint density at radius 2 is 2.25 bits per heavy atom. The van der Waals surface area contributed by atoms with Gasteiger partial charge in [-0.25, -0.2) is 0 Å². The van der Waals surface area contributed by atoms with E-state index in [-0.39, 0.29) is 11.9 Å². The van der Waals surface area contributed by atoms with Crippen LogP contribution in [0.3, 0.4) is 0 Å². The van der Waals surface area contributed by atoms with Gasteiger partial charge in [0.25, 0.3) is 0 Å². The van der Waals surface area contributed by atoms with Gasteiger partial charge in [-0.05, 0) is 26.8 Å². The lowest BCUT2D eigenvalue weighted by Gasteiger charge is -2.25. The molecule has 1 aliphatic carbocycles. The van der Waals surface area contributed by atoms with Gasteiger partial charge in [-0.15, -0.1) is 0 Å². The Bertz CT molecular complexity index is 231. The van der Waals surface area contributed by atoms with E-state index in [9.17, 15) is 9.90 Å². The third-order valence-electron chi connectivity index (χ3n) is 2.82. The molecular formula is C11H22N2O3. The number of methoxy groups -OCH3 is 1. The summed E-state index contributed by atoms with van der Waals surface area (Å²) in [5, 5.41) is 12.5. The van der Waals surface area contributed by atoms with Gasteiger partial charge in [0, 0.05) is 19.7 Å². The molecule has 0 saturated heterocycles. The monoisotopic (exact) mass is 230 g/mol. The van der Waals surface area contributed by atoms with Crippen molar-refractivity contribution in [3.05, 3.63) is 0 Å². The van der Waals surface area contributed by atoms with Crippen LogP contribution in [-0.4, -0.2) is 61.4 Å². The van der Waals surface area contributed by atoms with Crippen LogP contribution in [0.1, 0.15) is 19.8 Å². The van der Waals surface area contributed by atoms with Crippen molar-refractivity contribution in [2.24, 2.45) is 0 Å². The highest BCUT2D eigenvalue weighted by atomic mass is 16.5. The molecule has 1 amide bonds. The van der Waals surface area contributed by atoms with Crippen molar-refractivity contribution in [3.63, 3.8) is 0 Å². The molecule has 1 fully saturated rings. The number of nitrogens with zero attached hydrogens (tertiary/aromatic N) is 1. The molecule has 16 heavy (non-hydrogen) atoms. The van der Waals surface area contributed by atoms with E-state index in [0.717, 1.165) is 12.8 Å². The molecule has 0 heterocycles. The van der Waals surface area contributed by atoms with E-state index < -0.39 is 6.10 Å². The molecule has 2 N–H and O–H groups in total. The number of hydrogen-bond donors (Lipinski definition) is 2. The zero-order valence-electron chi connectivity index (χ0n) is 10.3. The highest BCUT2D eigenvalue weighted by molar-refractivity contribution is 5.81. The first-order valence-corrected chi connectivity index (χ1v) is 5.72. The van der Waals surface area contributed by atoms with Crippen LogP contribution in [0.5, 0.6) is 0 Å². The number of likely N-dealkylation sites (N-methyl/N-ethyl adjacent to an activating group) is 1. The molecule has 0 aromatic rings. The molecule has 1 aliphatic rings. The summed E-state index contributed by atoms with van der Waals surface area (Å²) < 4.78 is 4.84. The molecule has 2 unspecified atom stereocenters. The molecule has 0 aliphatic heterocycles. The van der Waals surface area contributed by atoms with Crippen molar-refractivity contribution < 1.29 is 14.6 Å². The van der Waals surface area contributed by atoms with Gasteiger partial charge in [0.05, 0.1) is 18.8 Å². The van der Waals surface area contributed by atoms with Crippen LogP contribution in [0.2, 0.25) is 0 Å². The largest absolute Gasteiger partial charge is 0.389 e. The second kappa shape index (κ2) is 6.18. The summed E-state index contributed by atoms with van der Waals surface area (Å²) in [6.45, 7) is 2.58. The number of carbonyl (C=O) groups excluding carboxylic acids is 1. The van der Waals surface area contributed by atoms with Gasteiger partial charge in [-0.2, -0.15) is 0 Å². The second-order valence-corrected chi connectivity index (χ2v) is 4.51. The number of aliphatic hydroxyl groups excluding tert-OH is 1. The lowest BCUT2D eigenvalue weighted by Crippen LogP contribution is -2.47. The molecule has 0 aromatic heterocycles. The second-order valence-electron chi connectivity index (χ2n) is 4.51. The van der Waals surface area contributed by atoms with E-state index in [1.165, 1.54) is 0 Å². The normalized spacial score (nSPS) is 19.6. The maximum absolute atomic E-state index is 11.7. The number of amides is 1. The first kappa shape index (κ1) is 13.4. The van der Waals surface area contributed by atoms with Gasteiger partial charge in [0.1, 0.15) is 0 Å². The van der Waals surface area contributed by atoms with Crippen molar-refractivity contribution >= 4 is 5.91 Å². The average molecular weight is 230 g/mol. The predicted molar refractivity (Wildman–Crippen MR) is 61.1 cm³/mol. The molecule has 94 valence electrons. The minimum Gasteiger partial charge on any atom is -0.389 e. The highest BCUT2D eigenvalue weighted by Gasteiger charge is 2.27. The number of nitrogens with one attached hydrogen (secondary N) is 1. The Balaban J connectivity index is 2.27. The number of ether oxygens (including phenoxy) is 1. The molecule has 2 atom stereocenters. The van der Waals surface area contributed by atoms with Crippen molar-refractivity contribution in [1.82, 2.24) is 10.2 Å². The van der Waals surface area contributed by atoms with Gasteiger partial charge >= 0.3 is 0 Å². The number of carbonyl (C=O) groups is 1. The zero-order chi connectivity index (χ0) is 12.1. The third-order valence-corrected chi connectivity index (χ3v) is 2.82. The van der Waals surface area contributed by atoms with E-state index in [2.05, 4.69) is 5.32 Å². The first-order valence-electron chi connectivity index (χ1n) is 5.72. The Kier molecular flexibility index (Phi) is 5.18. The Labute approximate surface area is 96.8 Å². The van der Waals surface area contributed by atoms with Crippen LogP contribution in [0.25, 0.3) is 0 Å². The molecule has 1 rings (SSSR count). The lowest BCUT2D eigenvalue weighted by atomic mass is 10.2. The van der Waals surface area contributed by atoms with Crippen molar-refractivity contribution in [3.8, 4) is 0 Å². The van der Waals surface area contributed by atoms with Gasteiger partial charge in [0.15, 0.2) is 0 Å². The fraction of sp³-hybridized carbons (Fsp3) is 0.909. The topological polar surface area (TPSA) is 61.8 Å². The minimum atomic E-state index is -0.550. The van der Waals surface area contributed by atoms with Gasteiger partial charge in [0.2, 0.25) is 5.91 Å². The smallest absolute Gasteiger partial charge is 0.237 e. The van der Waals surface area contributed by atoms with Crippen molar-refractivity contribution in [2.45, 2.75) is 38.0 Å². The van der Waals surface area contributed by atoms with E-state index >= 15 is 0 Å². The summed E-state index contributed by atoms with van der Waals surface area (Å²) in [7, 11) is 3.38. The Morgan fingerprint density at radius 3 is 2.75 bits per heavy atom. The summed E-state index contributed by atoms with van der Waals surface area (Å²) in [5.41, 5.74) is 0.